The molecule has 384 valence electrons. The predicted octanol–water partition coefficient (Wildman–Crippen LogP) is 16.7. The van der Waals surface area contributed by atoms with E-state index in [0.717, 1.165) is 44.9 Å². The van der Waals surface area contributed by atoms with Gasteiger partial charge in [-0.1, -0.05) is 250 Å². The van der Waals surface area contributed by atoms with Crippen molar-refractivity contribution < 1.29 is 37.9 Å². The van der Waals surface area contributed by atoms with Crippen molar-refractivity contribution in [1.82, 2.24) is 5.32 Å². The zero-order valence-corrected chi connectivity index (χ0v) is 43.6. The molecule has 0 saturated carbocycles. The first-order chi connectivity index (χ1) is 31.8. The summed E-state index contributed by atoms with van der Waals surface area (Å²) < 4.78 is 27.1. The minimum absolute atomic E-state index is 0.0834. The third-order valence-corrected chi connectivity index (χ3v) is 13.4. The van der Waals surface area contributed by atoms with Crippen LogP contribution in [0.5, 0.6) is 0 Å². The summed E-state index contributed by atoms with van der Waals surface area (Å²) in [5.74, 6) is -0.505. The lowest BCUT2D eigenvalue weighted by molar-refractivity contribution is -0.147. The highest BCUT2D eigenvalue weighted by atomic mass is 31.2. The first-order valence-electron chi connectivity index (χ1n) is 27.8. The fraction of sp³-hybridized carbons (Fsp3) is 0.891. The quantitative estimate of drug-likeness (QED) is 0.0238. The van der Waals surface area contributed by atoms with Gasteiger partial charge in [-0.25, -0.2) is 4.57 Å². The van der Waals surface area contributed by atoms with Crippen LogP contribution in [-0.2, 0) is 27.9 Å². The maximum absolute atomic E-state index is 12.2. The molecule has 0 heterocycles. The molecule has 0 aliphatic rings. The van der Waals surface area contributed by atoms with Crippen molar-refractivity contribution in [2.75, 3.05) is 26.4 Å². The minimum Gasteiger partial charge on any atom is -0.463 e. The standard InChI is InChI=1S/C55H106NO8P/c1-3-5-7-9-11-13-15-17-19-21-23-25-26-28-30-32-34-36-38-40-42-44-46-48-55(59)62-51-53(57)52-64-65(60,61)63-50-49-56-54(58)47-45-43-41-39-37-35-33-31-29-27-24-22-20-18-16-14-12-10-8-6-4-2/h12,14,18,20,53,57H,3-11,13,15-17,19,21-52H2,1-2H3,(H,56,58)(H,60,61)/b14-12-,20-18-. The Balaban J connectivity index is 3.50. The second-order valence-corrected chi connectivity index (χ2v) is 20.4. The number of phosphoric acid groups is 1. The van der Waals surface area contributed by atoms with Gasteiger partial charge in [0.15, 0.2) is 0 Å². The number of allylic oxidation sites excluding steroid dienone is 4. The Hall–Kier alpha value is -1.51. The number of aliphatic hydroxyl groups is 1. The van der Waals surface area contributed by atoms with Crippen LogP contribution < -0.4 is 5.32 Å². The van der Waals surface area contributed by atoms with Crippen molar-refractivity contribution in [2.45, 2.75) is 290 Å². The lowest BCUT2D eigenvalue weighted by Crippen LogP contribution is -2.27. The van der Waals surface area contributed by atoms with E-state index in [-0.39, 0.29) is 32.1 Å². The molecule has 2 unspecified atom stereocenters. The second-order valence-electron chi connectivity index (χ2n) is 18.9. The van der Waals surface area contributed by atoms with Gasteiger partial charge in [-0.05, 0) is 44.9 Å². The number of nitrogens with one attached hydrogen (secondary N) is 1. The summed E-state index contributed by atoms with van der Waals surface area (Å²) in [5.41, 5.74) is 0. The van der Waals surface area contributed by atoms with Gasteiger partial charge in [0.05, 0.1) is 13.2 Å². The minimum atomic E-state index is -4.42. The molecule has 2 atom stereocenters. The molecule has 65 heavy (non-hydrogen) atoms. The summed E-state index contributed by atoms with van der Waals surface area (Å²) in [6.45, 7) is 3.59. The molecular formula is C55H106NO8P. The Morgan fingerprint density at radius 2 is 0.831 bits per heavy atom. The summed E-state index contributed by atoms with van der Waals surface area (Å²) in [6.07, 6.45) is 59.8. The van der Waals surface area contributed by atoms with Gasteiger partial charge in [0.2, 0.25) is 5.91 Å². The van der Waals surface area contributed by atoms with Gasteiger partial charge in [0.25, 0.3) is 0 Å². The SMILES string of the molecule is CCCCC/C=C\C/C=C\CCCCCCCCCCCCCC(=O)NCCOP(=O)(O)OCC(O)COC(=O)CCCCCCCCCCCCCCCCCCCCCCCCC. The molecule has 0 aliphatic heterocycles. The number of carbonyl (C=O) groups is 2. The van der Waals surface area contributed by atoms with E-state index >= 15 is 0 Å². The number of ether oxygens (including phenoxy) is 1. The van der Waals surface area contributed by atoms with E-state index in [9.17, 15) is 24.2 Å². The van der Waals surface area contributed by atoms with Crippen molar-refractivity contribution in [3.8, 4) is 0 Å². The molecular weight excluding hydrogens is 834 g/mol. The Bertz CT molecular complexity index is 1120. The van der Waals surface area contributed by atoms with Crippen molar-refractivity contribution in [1.29, 1.82) is 0 Å². The number of unbranched alkanes of at least 4 members (excludes halogenated alkanes) is 36. The smallest absolute Gasteiger partial charge is 0.463 e. The van der Waals surface area contributed by atoms with E-state index in [4.69, 9.17) is 13.8 Å². The number of carbonyl (C=O) groups excluding carboxylic acids is 2. The van der Waals surface area contributed by atoms with Gasteiger partial charge in [0.1, 0.15) is 12.7 Å². The normalized spacial score (nSPS) is 13.2. The molecule has 0 saturated heterocycles. The Morgan fingerprint density at radius 3 is 1.26 bits per heavy atom. The number of esters is 1. The Labute approximate surface area is 401 Å². The molecule has 0 rings (SSSR count). The van der Waals surface area contributed by atoms with Crippen molar-refractivity contribution in [3.63, 3.8) is 0 Å². The van der Waals surface area contributed by atoms with Gasteiger partial charge in [-0.2, -0.15) is 0 Å². The van der Waals surface area contributed by atoms with Crippen molar-refractivity contribution in [3.05, 3.63) is 24.3 Å². The van der Waals surface area contributed by atoms with E-state index in [1.807, 2.05) is 0 Å². The Morgan fingerprint density at radius 1 is 0.477 bits per heavy atom. The van der Waals surface area contributed by atoms with Crippen LogP contribution in [0.25, 0.3) is 0 Å². The van der Waals surface area contributed by atoms with Crippen LogP contribution in [0.1, 0.15) is 284 Å². The third kappa shape index (κ3) is 53.3. The molecule has 9 nitrogen and oxygen atoms in total. The van der Waals surface area contributed by atoms with E-state index in [1.165, 1.54) is 212 Å². The maximum atomic E-state index is 12.2. The molecule has 0 spiro atoms. The number of aliphatic hydroxyl groups excluding tert-OH is 1. The Kier molecular flexibility index (Phi) is 50.7. The van der Waals surface area contributed by atoms with Crippen LogP contribution >= 0.6 is 7.82 Å². The van der Waals surface area contributed by atoms with Crippen LogP contribution in [-0.4, -0.2) is 54.3 Å². The van der Waals surface area contributed by atoms with Crippen LogP contribution in [0.3, 0.4) is 0 Å². The third-order valence-electron chi connectivity index (χ3n) is 12.4. The first-order valence-corrected chi connectivity index (χ1v) is 29.3. The molecule has 0 bridgehead atoms. The largest absolute Gasteiger partial charge is 0.472 e. The van der Waals surface area contributed by atoms with E-state index in [2.05, 4.69) is 43.5 Å². The van der Waals surface area contributed by atoms with Crippen LogP contribution in [0.2, 0.25) is 0 Å². The monoisotopic (exact) mass is 940 g/mol. The topological polar surface area (TPSA) is 131 Å². The van der Waals surface area contributed by atoms with E-state index in [1.54, 1.807) is 0 Å². The number of hydrogen-bond acceptors (Lipinski definition) is 7. The molecule has 3 N–H and O–H groups in total. The molecule has 0 aliphatic carbocycles. The maximum Gasteiger partial charge on any atom is 0.472 e. The average Bonchev–Trinajstić information content (AvgIpc) is 3.29. The zero-order valence-electron chi connectivity index (χ0n) is 42.7. The second kappa shape index (κ2) is 51.9. The molecule has 10 heteroatoms. The van der Waals surface area contributed by atoms with Gasteiger partial charge in [0, 0.05) is 19.4 Å². The highest BCUT2D eigenvalue weighted by Crippen LogP contribution is 2.42. The van der Waals surface area contributed by atoms with Crippen LogP contribution in [0, 0.1) is 0 Å². The fourth-order valence-electron chi connectivity index (χ4n) is 8.18. The van der Waals surface area contributed by atoms with E-state index in [0.29, 0.717) is 6.42 Å². The molecule has 0 radical (unpaired) electrons. The van der Waals surface area contributed by atoms with E-state index < -0.39 is 26.5 Å². The van der Waals surface area contributed by atoms with Crippen LogP contribution in [0.4, 0.5) is 0 Å². The predicted molar refractivity (Wildman–Crippen MR) is 275 cm³/mol. The molecule has 1 amide bonds. The van der Waals surface area contributed by atoms with Gasteiger partial charge >= 0.3 is 13.8 Å². The summed E-state index contributed by atoms with van der Waals surface area (Å²) in [6, 6.07) is 0. The summed E-state index contributed by atoms with van der Waals surface area (Å²) >= 11 is 0. The summed E-state index contributed by atoms with van der Waals surface area (Å²) in [7, 11) is -4.42. The van der Waals surface area contributed by atoms with Crippen molar-refractivity contribution >= 4 is 19.7 Å². The average molecular weight is 940 g/mol. The molecule has 0 fully saturated rings. The van der Waals surface area contributed by atoms with Crippen LogP contribution in [0.15, 0.2) is 24.3 Å². The molecule has 0 aromatic carbocycles. The number of rotatable bonds is 53. The summed E-state index contributed by atoms with van der Waals surface area (Å²) in [5, 5.41) is 12.8. The van der Waals surface area contributed by atoms with Gasteiger partial charge < -0.3 is 20.1 Å². The van der Waals surface area contributed by atoms with Gasteiger partial charge in [-0.15, -0.1) is 0 Å². The summed E-state index contributed by atoms with van der Waals surface area (Å²) in [4.78, 5) is 34.1. The lowest BCUT2D eigenvalue weighted by atomic mass is 10.0. The number of hydrogen-bond donors (Lipinski definition) is 3. The number of phosphoric ester groups is 1. The highest BCUT2D eigenvalue weighted by molar-refractivity contribution is 7.47. The number of amides is 1. The zero-order chi connectivity index (χ0) is 47.4. The fourth-order valence-corrected chi connectivity index (χ4v) is 8.94. The first kappa shape index (κ1) is 63.5. The molecule has 0 aromatic heterocycles. The highest BCUT2D eigenvalue weighted by Gasteiger charge is 2.23. The van der Waals surface area contributed by atoms with Crippen molar-refractivity contribution in [2.24, 2.45) is 0 Å². The molecule has 0 aromatic rings. The van der Waals surface area contributed by atoms with Gasteiger partial charge in [-0.3, -0.25) is 18.6 Å². The lowest BCUT2D eigenvalue weighted by Gasteiger charge is -2.15.